The van der Waals surface area contributed by atoms with Gasteiger partial charge in [-0.2, -0.15) is 5.10 Å². The zero-order valence-electron chi connectivity index (χ0n) is 14.5. The second-order valence-corrected chi connectivity index (χ2v) is 8.56. The van der Waals surface area contributed by atoms with Crippen LogP contribution in [0.2, 0.25) is 10.0 Å². The van der Waals surface area contributed by atoms with E-state index in [9.17, 15) is 12.8 Å². The molecule has 0 aliphatic rings. The number of hydrogen-bond acceptors (Lipinski definition) is 3. The minimum Gasteiger partial charge on any atom is -0.276 e. The predicted octanol–water partition coefficient (Wildman–Crippen LogP) is 4.79. The number of anilines is 1. The highest BCUT2D eigenvalue weighted by Gasteiger charge is 2.19. The maximum Gasteiger partial charge on any atom is 0.262 e. The smallest absolute Gasteiger partial charge is 0.262 e. The maximum atomic E-state index is 13.9. The third kappa shape index (κ3) is 4.26. The summed E-state index contributed by atoms with van der Waals surface area (Å²) in [5, 5.41) is 4.85. The van der Waals surface area contributed by atoms with E-state index < -0.39 is 15.8 Å². The van der Waals surface area contributed by atoms with Crippen molar-refractivity contribution in [2.45, 2.75) is 25.3 Å². The van der Waals surface area contributed by atoms with Crippen molar-refractivity contribution in [3.8, 4) is 0 Å². The van der Waals surface area contributed by atoms with Gasteiger partial charge in [0, 0.05) is 21.8 Å². The minimum absolute atomic E-state index is 0.0757. The molecule has 142 valence electrons. The van der Waals surface area contributed by atoms with Crippen molar-refractivity contribution in [2.75, 3.05) is 4.72 Å². The molecule has 5 nitrogen and oxygen atoms in total. The van der Waals surface area contributed by atoms with Crippen molar-refractivity contribution in [2.24, 2.45) is 0 Å². The van der Waals surface area contributed by atoms with Gasteiger partial charge < -0.3 is 0 Å². The van der Waals surface area contributed by atoms with E-state index >= 15 is 0 Å². The first-order valence-corrected chi connectivity index (χ1v) is 10.2. The van der Waals surface area contributed by atoms with Crippen LogP contribution in [0.25, 0.3) is 0 Å². The Hall–Kier alpha value is -2.09. The van der Waals surface area contributed by atoms with Crippen LogP contribution in [0, 0.1) is 19.7 Å². The number of hydrogen-bond donors (Lipinski definition) is 1. The number of aryl methyl sites for hydroxylation is 2. The lowest BCUT2D eigenvalue weighted by molar-refractivity contribution is 0.585. The Morgan fingerprint density at radius 1 is 1.15 bits per heavy atom. The predicted molar refractivity (Wildman–Crippen MR) is 104 cm³/mol. The van der Waals surface area contributed by atoms with Crippen LogP contribution in [0.4, 0.5) is 10.1 Å². The second kappa shape index (κ2) is 7.50. The van der Waals surface area contributed by atoms with E-state index in [1.54, 1.807) is 26.0 Å². The Bertz CT molecular complexity index is 1090. The molecule has 0 saturated heterocycles. The van der Waals surface area contributed by atoms with Crippen molar-refractivity contribution >= 4 is 38.9 Å². The quantitative estimate of drug-likeness (QED) is 0.635. The van der Waals surface area contributed by atoms with Crippen molar-refractivity contribution in [3.63, 3.8) is 0 Å². The number of nitrogens with one attached hydrogen (secondary N) is 1. The first-order chi connectivity index (χ1) is 12.7. The number of halogens is 3. The largest absolute Gasteiger partial charge is 0.276 e. The Morgan fingerprint density at radius 3 is 2.59 bits per heavy atom. The van der Waals surface area contributed by atoms with Crippen LogP contribution in [0.3, 0.4) is 0 Å². The molecule has 1 heterocycles. The second-order valence-electron chi connectivity index (χ2n) is 6.10. The molecule has 9 heteroatoms. The molecule has 3 rings (SSSR count). The number of benzene rings is 2. The highest BCUT2D eigenvalue weighted by molar-refractivity contribution is 7.92. The van der Waals surface area contributed by atoms with E-state index in [2.05, 4.69) is 9.82 Å². The molecule has 0 atom stereocenters. The van der Waals surface area contributed by atoms with Gasteiger partial charge in [0.15, 0.2) is 0 Å². The van der Waals surface area contributed by atoms with Crippen LogP contribution < -0.4 is 4.72 Å². The fourth-order valence-corrected chi connectivity index (χ4v) is 4.38. The summed E-state index contributed by atoms with van der Waals surface area (Å²) in [5.41, 5.74) is 1.73. The van der Waals surface area contributed by atoms with Gasteiger partial charge >= 0.3 is 0 Å². The SMILES string of the molecule is Cc1cc(S(=O)(=O)Nc2cnn(Cc3c(F)cccc3Cl)c2)c(C)cc1Cl. The zero-order valence-corrected chi connectivity index (χ0v) is 16.8. The van der Waals surface area contributed by atoms with E-state index in [4.69, 9.17) is 23.2 Å². The van der Waals surface area contributed by atoms with Crippen molar-refractivity contribution in [1.82, 2.24) is 9.78 Å². The van der Waals surface area contributed by atoms with Gasteiger partial charge in [-0.05, 0) is 49.2 Å². The lowest BCUT2D eigenvalue weighted by Crippen LogP contribution is -2.14. The van der Waals surface area contributed by atoms with E-state index in [-0.39, 0.29) is 27.7 Å². The number of sulfonamides is 1. The summed E-state index contributed by atoms with van der Waals surface area (Å²) in [4.78, 5) is 0.134. The maximum absolute atomic E-state index is 13.9. The Kier molecular flexibility index (Phi) is 5.46. The third-order valence-corrected chi connectivity index (χ3v) is 6.30. The molecule has 1 aromatic heterocycles. The topological polar surface area (TPSA) is 64.0 Å². The van der Waals surface area contributed by atoms with Crippen LogP contribution in [0.15, 0.2) is 47.6 Å². The summed E-state index contributed by atoms with van der Waals surface area (Å²) < 4.78 is 43.2. The van der Waals surface area contributed by atoms with Crippen LogP contribution in [0.5, 0.6) is 0 Å². The molecule has 0 aliphatic carbocycles. The highest BCUT2D eigenvalue weighted by Crippen LogP contribution is 2.26. The van der Waals surface area contributed by atoms with Gasteiger partial charge in [0.05, 0.1) is 23.3 Å². The zero-order chi connectivity index (χ0) is 19.8. The van der Waals surface area contributed by atoms with Crippen LogP contribution in [-0.4, -0.2) is 18.2 Å². The van der Waals surface area contributed by atoms with E-state index in [0.717, 1.165) is 0 Å². The monoisotopic (exact) mass is 427 g/mol. The van der Waals surface area contributed by atoms with Gasteiger partial charge in [0.2, 0.25) is 0 Å². The van der Waals surface area contributed by atoms with Gasteiger partial charge in [-0.1, -0.05) is 29.3 Å². The van der Waals surface area contributed by atoms with Gasteiger partial charge in [0.1, 0.15) is 5.82 Å². The van der Waals surface area contributed by atoms with Crippen LogP contribution >= 0.6 is 23.2 Å². The Balaban J connectivity index is 1.84. The van der Waals surface area contributed by atoms with Gasteiger partial charge in [-0.3, -0.25) is 9.40 Å². The molecule has 0 unspecified atom stereocenters. The lowest BCUT2D eigenvalue weighted by Gasteiger charge is -2.11. The molecule has 0 saturated carbocycles. The summed E-state index contributed by atoms with van der Waals surface area (Å²) >= 11 is 12.0. The molecule has 0 aliphatic heterocycles. The average molecular weight is 428 g/mol. The van der Waals surface area contributed by atoms with Gasteiger partial charge in [-0.25, -0.2) is 12.8 Å². The average Bonchev–Trinajstić information content (AvgIpc) is 3.00. The molecule has 0 amide bonds. The lowest BCUT2D eigenvalue weighted by atomic mass is 10.2. The number of aromatic nitrogens is 2. The molecule has 0 spiro atoms. The number of rotatable bonds is 5. The summed E-state index contributed by atoms with van der Waals surface area (Å²) in [6.45, 7) is 3.48. The summed E-state index contributed by atoms with van der Waals surface area (Å²) in [7, 11) is -3.82. The fraction of sp³-hybridized carbons (Fsp3) is 0.167. The molecular weight excluding hydrogens is 412 g/mol. The first-order valence-electron chi connectivity index (χ1n) is 7.92. The van der Waals surface area contributed by atoms with E-state index in [1.165, 1.54) is 35.3 Å². The Labute approximate surface area is 166 Å². The summed E-state index contributed by atoms with van der Waals surface area (Å²) in [6, 6.07) is 7.53. The third-order valence-electron chi connectivity index (χ3n) is 4.01. The molecule has 2 aromatic carbocycles. The van der Waals surface area contributed by atoms with Crippen LogP contribution in [-0.2, 0) is 16.6 Å². The molecule has 0 bridgehead atoms. The van der Waals surface area contributed by atoms with Crippen molar-refractivity contribution < 1.29 is 12.8 Å². The van der Waals surface area contributed by atoms with E-state index in [0.29, 0.717) is 16.1 Å². The molecule has 1 N–H and O–H groups in total. The molecule has 27 heavy (non-hydrogen) atoms. The van der Waals surface area contributed by atoms with Gasteiger partial charge in [-0.15, -0.1) is 0 Å². The van der Waals surface area contributed by atoms with Crippen molar-refractivity contribution in [3.05, 3.63) is 75.3 Å². The fourth-order valence-electron chi connectivity index (χ4n) is 2.60. The minimum atomic E-state index is -3.82. The Morgan fingerprint density at radius 2 is 1.89 bits per heavy atom. The molecule has 0 fully saturated rings. The van der Waals surface area contributed by atoms with Gasteiger partial charge in [0.25, 0.3) is 10.0 Å². The van der Waals surface area contributed by atoms with Crippen molar-refractivity contribution in [1.29, 1.82) is 0 Å². The van der Waals surface area contributed by atoms with Crippen LogP contribution in [0.1, 0.15) is 16.7 Å². The number of nitrogens with zero attached hydrogens (tertiary/aromatic N) is 2. The first kappa shape index (κ1) is 19.7. The molecular formula is C18H16Cl2FN3O2S. The highest BCUT2D eigenvalue weighted by atomic mass is 35.5. The normalized spacial score (nSPS) is 11.6. The summed E-state index contributed by atoms with van der Waals surface area (Å²) in [5.74, 6) is -0.451. The molecule has 0 radical (unpaired) electrons. The summed E-state index contributed by atoms with van der Waals surface area (Å²) in [6.07, 6.45) is 2.82. The van der Waals surface area contributed by atoms with E-state index in [1.807, 2.05) is 0 Å². The standard InChI is InChI=1S/C18H16Cl2FN3O2S/c1-11-7-18(12(2)6-16(11)20)27(25,26)23-13-8-22-24(9-13)10-14-15(19)4-3-5-17(14)21/h3-9,23H,10H2,1-2H3. The molecule has 3 aromatic rings.